The van der Waals surface area contributed by atoms with Crippen molar-refractivity contribution >= 4 is 22.2 Å². The van der Waals surface area contributed by atoms with Gasteiger partial charge in [-0.05, 0) is 42.5 Å². The molecular weight excluding hydrogens is 474 g/mol. The molecule has 172 valence electrons. The van der Waals surface area contributed by atoms with Gasteiger partial charge in [-0.25, -0.2) is 15.0 Å². The Kier molecular flexibility index (Phi) is 6.29. The highest BCUT2D eigenvalue weighted by Crippen LogP contribution is 2.40. The first-order chi connectivity index (χ1) is 16.3. The van der Waals surface area contributed by atoms with Crippen LogP contribution in [0.3, 0.4) is 0 Å². The number of halogens is 4. The van der Waals surface area contributed by atoms with Crippen molar-refractivity contribution in [3.05, 3.63) is 71.1 Å². The van der Waals surface area contributed by atoms with Crippen LogP contribution in [0.4, 0.5) is 28.4 Å². The van der Waals surface area contributed by atoms with E-state index in [9.17, 15) is 17.6 Å². The van der Waals surface area contributed by atoms with E-state index < -0.39 is 22.6 Å². The van der Waals surface area contributed by atoms with Crippen molar-refractivity contribution in [1.82, 2.24) is 15.0 Å². The van der Waals surface area contributed by atoms with Crippen molar-refractivity contribution in [3.63, 3.8) is 0 Å². The Morgan fingerprint density at radius 2 is 1.76 bits per heavy atom. The molecule has 0 amide bonds. The Morgan fingerprint density at radius 1 is 1.06 bits per heavy atom. The van der Waals surface area contributed by atoms with Gasteiger partial charge in [0, 0.05) is 23.6 Å². The molecule has 0 bridgehead atoms. The Hall–Kier alpha value is -4.24. The van der Waals surface area contributed by atoms with Gasteiger partial charge in [-0.3, -0.25) is 0 Å². The highest BCUT2D eigenvalue weighted by atomic mass is 32.1. The van der Waals surface area contributed by atoms with Gasteiger partial charge in [0.05, 0.1) is 18.7 Å². The molecule has 1 N–H and O–H groups in total. The van der Waals surface area contributed by atoms with E-state index in [2.05, 4.69) is 20.3 Å². The van der Waals surface area contributed by atoms with Gasteiger partial charge >= 0.3 is 12.2 Å². The molecule has 0 saturated carbocycles. The number of anilines is 2. The smallest absolute Gasteiger partial charge is 0.420 e. The van der Waals surface area contributed by atoms with Gasteiger partial charge < -0.3 is 14.8 Å². The lowest BCUT2D eigenvalue weighted by Gasteiger charge is -2.15. The average molecular weight is 487 g/mol. The third kappa shape index (κ3) is 5.05. The maximum absolute atomic E-state index is 14.4. The van der Waals surface area contributed by atoms with Crippen LogP contribution < -0.4 is 14.8 Å². The molecule has 12 heteroatoms. The van der Waals surface area contributed by atoms with Crippen LogP contribution in [0.25, 0.3) is 11.3 Å². The number of thiazole rings is 1. The number of alkyl halides is 3. The molecule has 0 radical (unpaired) electrons. The third-order valence-corrected chi connectivity index (χ3v) is 5.18. The van der Waals surface area contributed by atoms with E-state index in [1.807, 2.05) is 6.07 Å². The lowest BCUT2D eigenvalue weighted by Crippen LogP contribution is -2.08. The summed E-state index contributed by atoms with van der Waals surface area (Å²) in [4.78, 5) is 11.9. The molecule has 4 rings (SSSR count). The van der Waals surface area contributed by atoms with E-state index in [1.54, 1.807) is 0 Å². The van der Waals surface area contributed by atoms with Crippen molar-refractivity contribution in [2.24, 2.45) is 0 Å². The first-order valence-electron chi connectivity index (χ1n) is 9.46. The van der Waals surface area contributed by atoms with Crippen LogP contribution >= 0.6 is 11.3 Å². The summed E-state index contributed by atoms with van der Waals surface area (Å²) in [5.74, 6) is -0.289. The number of rotatable bonds is 6. The Bertz CT molecular complexity index is 1350. The predicted molar refractivity (Wildman–Crippen MR) is 116 cm³/mol. The zero-order valence-corrected chi connectivity index (χ0v) is 18.0. The molecule has 0 saturated heterocycles. The minimum atomic E-state index is -4.72. The fourth-order valence-electron chi connectivity index (χ4n) is 2.84. The second-order valence-electron chi connectivity index (χ2n) is 6.67. The monoisotopic (exact) mass is 487 g/mol. The summed E-state index contributed by atoms with van der Waals surface area (Å²) in [6.45, 7) is 0. The third-order valence-electron chi connectivity index (χ3n) is 4.42. The van der Waals surface area contributed by atoms with Crippen molar-refractivity contribution in [1.29, 1.82) is 5.26 Å². The summed E-state index contributed by atoms with van der Waals surface area (Å²) in [7, 11) is 1.39. The van der Waals surface area contributed by atoms with Gasteiger partial charge in [0.2, 0.25) is 5.13 Å². The predicted octanol–water partition coefficient (Wildman–Crippen LogP) is 6.17. The fourth-order valence-corrected chi connectivity index (χ4v) is 3.58. The zero-order chi connectivity index (χ0) is 24.3. The van der Waals surface area contributed by atoms with Crippen LogP contribution in [0.2, 0.25) is 0 Å². The van der Waals surface area contributed by atoms with Gasteiger partial charge in [-0.2, -0.15) is 22.8 Å². The topological polar surface area (TPSA) is 93.0 Å². The molecular formula is C22H13F4N5O2S. The number of benzene rings is 2. The molecule has 2 heterocycles. The highest BCUT2D eigenvalue weighted by molar-refractivity contribution is 7.14. The van der Waals surface area contributed by atoms with Crippen molar-refractivity contribution in [3.8, 4) is 34.8 Å². The van der Waals surface area contributed by atoms with E-state index in [0.717, 1.165) is 12.1 Å². The number of nitriles is 1. The molecule has 0 unspecified atom stereocenters. The van der Waals surface area contributed by atoms with Crippen LogP contribution in [0.5, 0.6) is 17.5 Å². The molecule has 0 aliphatic carbocycles. The van der Waals surface area contributed by atoms with Gasteiger partial charge in [0.15, 0.2) is 5.13 Å². The number of nitrogens with zero attached hydrogens (tertiary/aromatic N) is 4. The number of ether oxygens (including phenoxy) is 2. The van der Waals surface area contributed by atoms with E-state index in [4.69, 9.17) is 14.7 Å². The quantitative estimate of drug-likeness (QED) is 0.325. The summed E-state index contributed by atoms with van der Waals surface area (Å²) in [6, 6.07) is 11.0. The zero-order valence-electron chi connectivity index (χ0n) is 17.2. The van der Waals surface area contributed by atoms with Crippen LogP contribution in [0.1, 0.15) is 11.1 Å². The van der Waals surface area contributed by atoms with Crippen LogP contribution in [-0.2, 0) is 6.18 Å². The first-order valence-corrected chi connectivity index (χ1v) is 10.3. The molecule has 2 aromatic carbocycles. The van der Waals surface area contributed by atoms with E-state index >= 15 is 0 Å². The minimum absolute atomic E-state index is 0.0331. The fraction of sp³-hybridized carbons (Fsp3) is 0.0909. The largest absolute Gasteiger partial charge is 0.467 e. The molecule has 0 aliphatic heterocycles. The standard InChI is InChI=1S/C22H13F4N5O2S/c1-32-20-28-10-13(11-29-20)18-19(23)34-21(31-18)30-14-4-7-17(16(8-14)22(24,25)26)33-15-5-2-12(9-27)3-6-15/h2-8,10-11H,1H3,(H,30,31). The lowest BCUT2D eigenvalue weighted by molar-refractivity contribution is -0.138. The number of nitrogens with one attached hydrogen (secondary N) is 1. The number of aromatic nitrogens is 3. The Morgan fingerprint density at radius 3 is 2.38 bits per heavy atom. The Balaban J connectivity index is 1.59. The first kappa shape index (κ1) is 22.9. The van der Waals surface area contributed by atoms with Gasteiger partial charge in [0.1, 0.15) is 22.8 Å². The lowest BCUT2D eigenvalue weighted by atomic mass is 10.1. The van der Waals surface area contributed by atoms with E-state index in [-0.39, 0.29) is 33.8 Å². The number of methoxy groups -OCH3 is 1. The molecule has 0 fully saturated rings. The maximum atomic E-state index is 14.4. The molecule has 0 aliphatic rings. The van der Waals surface area contributed by atoms with Gasteiger partial charge in [-0.15, -0.1) is 0 Å². The second kappa shape index (κ2) is 9.32. The normalized spacial score (nSPS) is 11.1. The number of hydrogen-bond acceptors (Lipinski definition) is 8. The van der Waals surface area contributed by atoms with Crippen LogP contribution in [0, 0.1) is 16.5 Å². The van der Waals surface area contributed by atoms with E-state index in [1.165, 1.54) is 49.8 Å². The molecule has 7 nitrogen and oxygen atoms in total. The number of hydrogen-bond donors (Lipinski definition) is 1. The molecule has 0 spiro atoms. The summed E-state index contributed by atoms with van der Waals surface area (Å²) in [5.41, 5.74) is -0.427. The van der Waals surface area contributed by atoms with Crippen molar-refractivity contribution < 1.29 is 27.0 Å². The highest BCUT2D eigenvalue weighted by Gasteiger charge is 2.35. The minimum Gasteiger partial charge on any atom is -0.467 e. The molecule has 2 aromatic heterocycles. The van der Waals surface area contributed by atoms with E-state index in [0.29, 0.717) is 16.9 Å². The SMILES string of the molecule is COc1ncc(-c2nc(Nc3ccc(Oc4ccc(C#N)cc4)c(C(F)(F)F)c3)sc2F)cn1. The van der Waals surface area contributed by atoms with Crippen LogP contribution in [-0.4, -0.2) is 22.1 Å². The van der Waals surface area contributed by atoms with Crippen molar-refractivity contribution in [2.45, 2.75) is 6.18 Å². The summed E-state index contributed by atoms with van der Waals surface area (Å²) < 4.78 is 65.7. The molecule has 4 aromatic rings. The van der Waals surface area contributed by atoms with Crippen molar-refractivity contribution in [2.75, 3.05) is 12.4 Å². The summed E-state index contributed by atoms with van der Waals surface area (Å²) in [6.07, 6.45) is -2.07. The molecule has 0 atom stereocenters. The van der Waals surface area contributed by atoms with Gasteiger partial charge in [0.25, 0.3) is 0 Å². The summed E-state index contributed by atoms with van der Waals surface area (Å²) >= 11 is 0.623. The Labute approximate surface area is 194 Å². The molecule has 34 heavy (non-hydrogen) atoms. The van der Waals surface area contributed by atoms with Crippen LogP contribution in [0.15, 0.2) is 54.9 Å². The van der Waals surface area contributed by atoms with Gasteiger partial charge in [-0.1, -0.05) is 11.3 Å². The second-order valence-corrected chi connectivity index (χ2v) is 7.62. The average Bonchev–Trinajstić information content (AvgIpc) is 3.19. The summed E-state index contributed by atoms with van der Waals surface area (Å²) in [5, 5.41) is 10.9. The maximum Gasteiger partial charge on any atom is 0.420 e.